The highest BCUT2D eigenvalue weighted by atomic mass is 16.3. The van der Waals surface area contributed by atoms with Crippen LogP contribution in [-0.4, -0.2) is 92.2 Å². The van der Waals surface area contributed by atoms with Crippen molar-refractivity contribution >= 4 is 58.2 Å². The zero-order valence-electron chi connectivity index (χ0n) is 37.4. The molecule has 1 amide bonds. The Labute approximate surface area is 372 Å². The molecule has 4 unspecified atom stereocenters. The van der Waals surface area contributed by atoms with Crippen molar-refractivity contribution in [2.24, 2.45) is 16.6 Å². The second-order valence-corrected chi connectivity index (χ2v) is 17.6. The first-order chi connectivity index (χ1) is 30.6. The van der Waals surface area contributed by atoms with Gasteiger partial charge < -0.3 is 41.9 Å². The monoisotopic (exact) mass is 858 g/mol. The molecule has 1 aliphatic carbocycles. The fourth-order valence-corrected chi connectivity index (χ4v) is 9.15. The summed E-state index contributed by atoms with van der Waals surface area (Å²) in [6, 6.07) is 10.9. The van der Waals surface area contributed by atoms with Gasteiger partial charge in [-0.3, -0.25) is 9.79 Å². The van der Waals surface area contributed by atoms with Gasteiger partial charge in [-0.1, -0.05) is 46.6 Å². The second-order valence-electron chi connectivity index (χ2n) is 17.6. The van der Waals surface area contributed by atoms with Crippen LogP contribution in [0.4, 0.5) is 40.5 Å². The minimum atomic E-state index is -0.115. The van der Waals surface area contributed by atoms with Gasteiger partial charge in [0.2, 0.25) is 11.9 Å². The first kappa shape index (κ1) is 45.2. The molecule has 4 aliphatic rings. The highest BCUT2D eigenvalue weighted by Crippen LogP contribution is 2.42. The van der Waals surface area contributed by atoms with Crippen LogP contribution in [0.1, 0.15) is 102 Å². The summed E-state index contributed by atoms with van der Waals surface area (Å²) >= 11 is 0. The van der Waals surface area contributed by atoms with Crippen molar-refractivity contribution < 1.29 is 9.90 Å². The number of hydrogen-bond donors (Lipinski definition) is 6. The molecular formula is C48H67N13O2. The fourth-order valence-electron chi connectivity index (χ4n) is 9.15. The van der Waals surface area contributed by atoms with Gasteiger partial charge in [0.1, 0.15) is 17.3 Å². The number of nitrogens with one attached hydrogen (secondary N) is 4. The van der Waals surface area contributed by atoms with E-state index in [9.17, 15) is 9.90 Å². The molecule has 1 aromatic carbocycles. The summed E-state index contributed by atoms with van der Waals surface area (Å²) in [4.78, 5) is 36.0. The lowest BCUT2D eigenvalue weighted by Gasteiger charge is -2.36. The number of fused-ring (bicyclic) bond motifs is 2. The molecule has 15 heteroatoms. The Morgan fingerprint density at radius 1 is 1.00 bits per heavy atom. The highest BCUT2D eigenvalue weighted by Gasteiger charge is 2.33. The average Bonchev–Trinajstić information content (AvgIpc) is 3.92. The summed E-state index contributed by atoms with van der Waals surface area (Å²) in [5.41, 5.74) is 12.7. The number of carbonyl (C=O) groups is 1. The van der Waals surface area contributed by atoms with Crippen molar-refractivity contribution in [1.29, 1.82) is 0 Å². The van der Waals surface area contributed by atoms with Gasteiger partial charge >= 0.3 is 0 Å². The third-order valence-corrected chi connectivity index (χ3v) is 12.6. The Balaban J connectivity index is 0.000000190. The number of piperidine rings is 2. The molecule has 7 N–H and O–H groups in total. The van der Waals surface area contributed by atoms with Gasteiger partial charge in [-0.05, 0) is 107 Å². The standard InChI is InChI=1S/C25H38N6O2.C23H29N7/c1-4-21(33)27-17-8-7-9-18(14-17)28-24-23-22(20(15-26-23)16(2)3)29-25(30-24)31-12-6-5-10-19(31)11-13-32;1-4-16(3)26-19-9-6-10-20(12-19)27-22-13-21(29-11-7-8-18(24)15-29)28-23-17(5-2)14-25-30(22)23/h4,15-20,32H,1,5-14H2,2-3H3,(H,27,33)(H,28,29,30);4,6,9-10,12-14,18,26-27H,1,3,5,7-8,11,15,24H2,2H3/t17?,18?,19-,20?;/m0./s1. The van der Waals surface area contributed by atoms with Crippen molar-refractivity contribution in [3.63, 3.8) is 0 Å². The topological polar surface area (TPSA) is 186 Å². The lowest BCUT2D eigenvalue weighted by molar-refractivity contribution is -0.117. The molecule has 6 heterocycles. The highest BCUT2D eigenvalue weighted by molar-refractivity contribution is 5.87. The third-order valence-electron chi connectivity index (χ3n) is 12.6. The fraction of sp³-hybridized carbons (Fsp3) is 0.500. The van der Waals surface area contributed by atoms with Crippen molar-refractivity contribution in [3.05, 3.63) is 85.4 Å². The van der Waals surface area contributed by atoms with Crippen molar-refractivity contribution in [2.45, 2.75) is 121 Å². The van der Waals surface area contributed by atoms with E-state index in [0.29, 0.717) is 5.92 Å². The van der Waals surface area contributed by atoms with Gasteiger partial charge in [-0.15, -0.1) is 0 Å². The second kappa shape index (κ2) is 21.0. The van der Waals surface area contributed by atoms with Gasteiger partial charge in [-0.25, -0.2) is 9.97 Å². The minimum Gasteiger partial charge on any atom is -0.396 e. The summed E-state index contributed by atoms with van der Waals surface area (Å²) in [5.74, 6) is 3.80. The molecule has 3 aromatic heterocycles. The summed E-state index contributed by atoms with van der Waals surface area (Å²) in [7, 11) is 0. The van der Waals surface area contributed by atoms with E-state index in [-0.39, 0.29) is 42.6 Å². The first-order valence-corrected chi connectivity index (χ1v) is 22.9. The number of nitrogens with two attached hydrogens (primary N) is 1. The zero-order chi connectivity index (χ0) is 44.5. The predicted molar refractivity (Wildman–Crippen MR) is 257 cm³/mol. The molecule has 5 atom stereocenters. The molecule has 63 heavy (non-hydrogen) atoms. The third kappa shape index (κ3) is 11.1. The van der Waals surface area contributed by atoms with Crippen molar-refractivity contribution in [2.75, 3.05) is 52.0 Å². The van der Waals surface area contributed by atoms with Crippen LogP contribution in [0.3, 0.4) is 0 Å². The Bertz CT molecular complexity index is 2270. The van der Waals surface area contributed by atoms with E-state index in [1.807, 2.05) is 41.2 Å². The van der Waals surface area contributed by atoms with E-state index in [0.717, 1.165) is 147 Å². The number of nitrogens with zero attached hydrogens (tertiary/aromatic N) is 8. The Hall–Kier alpha value is -5.80. The number of aliphatic imine (C=N–C) groups is 1. The number of aromatic nitrogens is 5. The van der Waals surface area contributed by atoms with E-state index in [4.69, 9.17) is 25.7 Å². The first-order valence-electron chi connectivity index (χ1n) is 22.9. The smallest absolute Gasteiger partial charge is 0.243 e. The quantitative estimate of drug-likeness (QED) is 0.0505. The maximum atomic E-state index is 11.8. The molecule has 1 saturated carbocycles. The normalized spacial score (nSPS) is 21.9. The number of benzene rings is 1. The lowest BCUT2D eigenvalue weighted by Crippen LogP contribution is -2.43. The molecule has 336 valence electrons. The lowest BCUT2D eigenvalue weighted by atomic mass is 9.90. The van der Waals surface area contributed by atoms with Crippen LogP contribution in [-0.2, 0) is 11.2 Å². The van der Waals surface area contributed by atoms with E-state index in [1.54, 1.807) is 6.08 Å². The van der Waals surface area contributed by atoms with Gasteiger partial charge in [0.15, 0.2) is 11.5 Å². The van der Waals surface area contributed by atoms with E-state index in [1.165, 1.54) is 12.5 Å². The van der Waals surface area contributed by atoms with Crippen LogP contribution < -0.4 is 36.8 Å². The number of anilines is 6. The number of allylic oxidation sites excluding steroid dienone is 1. The molecular weight excluding hydrogens is 791 g/mol. The summed E-state index contributed by atoms with van der Waals surface area (Å²) in [5, 5.41) is 27.6. The molecule has 4 aromatic rings. The molecule has 3 fully saturated rings. The maximum Gasteiger partial charge on any atom is 0.243 e. The average molecular weight is 858 g/mol. The van der Waals surface area contributed by atoms with Crippen molar-refractivity contribution in [3.8, 4) is 0 Å². The van der Waals surface area contributed by atoms with Crippen LogP contribution in [0, 0.1) is 5.92 Å². The van der Waals surface area contributed by atoms with E-state index in [2.05, 4.69) is 82.7 Å². The maximum absolute atomic E-state index is 11.8. The van der Waals surface area contributed by atoms with Gasteiger partial charge in [0, 0.05) is 91.2 Å². The van der Waals surface area contributed by atoms with E-state index >= 15 is 0 Å². The number of rotatable bonds is 15. The van der Waals surface area contributed by atoms with Crippen LogP contribution in [0.2, 0.25) is 0 Å². The number of amides is 1. The number of aliphatic hydroxyl groups is 1. The zero-order valence-corrected chi connectivity index (χ0v) is 37.4. The SMILES string of the molecule is C=CC(=C)Nc1cccc(Nc2cc(N3CCCC(N)C3)nc3c(CC)cnn23)c1.C=CC(=O)NC1CCCC(Nc2nc(N3CCCC[C@H]3CCO)nc3c2N=CC3C(C)C)C1. The van der Waals surface area contributed by atoms with Crippen LogP contribution in [0.25, 0.3) is 5.65 Å². The molecule has 2 saturated heterocycles. The van der Waals surface area contributed by atoms with Crippen molar-refractivity contribution in [1.82, 2.24) is 29.9 Å². The molecule has 15 nitrogen and oxygen atoms in total. The van der Waals surface area contributed by atoms with Crippen LogP contribution >= 0.6 is 0 Å². The number of hydrogen-bond acceptors (Lipinski definition) is 13. The molecule has 3 aliphatic heterocycles. The summed E-state index contributed by atoms with van der Waals surface area (Å²) in [6.07, 6.45) is 17.9. The molecule has 8 rings (SSSR count). The van der Waals surface area contributed by atoms with Gasteiger partial charge in [0.05, 0.1) is 11.9 Å². The van der Waals surface area contributed by atoms with Gasteiger partial charge in [0.25, 0.3) is 0 Å². The molecule has 0 bridgehead atoms. The number of aliphatic hydroxyl groups excluding tert-OH is 1. The number of carbonyl (C=O) groups excluding carboxylic acids is 1. The summed E-state index contributed by atoms with van der Waals surface area (Å²) in [6.45, 7) is 20.6. The molecule has 0 radical (unpaired) electrons. The number of aryl methyl sites for hydroxylation is 1. The minimum absolute atomic E-state index is 0.115. The molecule has 0 spiro atoms. The van der Waals surface area contributed by atoms with Crippen LogP contribution in [0.5, 0.6) is 0 Å². The van der Waals surface area contributed by atoms with Gasteiger partial charge in [-0.2, -0.15) is 14.6 Å². The Kier molecular flexibility index (Phi) is 15.1. The van der Waals surface area contributed by atoms with E-state index < -0.39 is 0 Å². The Morgan fingerprint density at radius 2 is 1.83 bits per heavy atom. The van der Waals surface area contributed by atoms with Crippen LogP contribution in [0.15, 0.2) is 79.1 Å². The largest absolute Gasteiger partial charge is 0.396 e. The summed E-state index contributed by atoms with van der Waals surface area (Å²) < 4.78 is 1.87. The Morgan fingerprint density at radius 3 is 2.59 bits per heavy atom. The predicted octanol–water partition coefficient (Wildman–Crippen LogP) is 7.77.